The van der Waals surface area contributed by atoms with Crippen molar-refractivity contribution in [1.82, 2.24) is 19.7 Å². The number of anilines is 2. The van der Waals surface area contributed by atoms with Crippen LogP contribution in [0.2, 0.25) is 0 Å². The van der Waals surface area contributed by atoms with Crippen LogP contribution in [-0.4, -0.2) is 19.7 Å². The molecule has 0 spiro atoms. The molecular formula is C11H17N7. The highest BCUT2D eigenvalue weighted by Crippen LogP contribution is 2.11. The van der Waals surface area contributed by atoms with Gasteiger partial charge in [0.05, 0.1) is 5.69 Å². The van der Waals surface area contributed by atoms with Crippen LogP contribution in [-0.2, 0) is 13.6 Å². The second-order valence-electron chi connectivity index (χ2n) is 4.13. The molecule has 2 rings (SSSR count). The normalized spacial score (nSPS) is 10.4. The van der Waals surface area contributed by atoms with Crippen molar-refractivity contribution in [2.24, 2.45) is 12.9 Å². The van der Waals surface area contributed by atoms with Gasteiger partial charge in [-0.2, -0.15) is 10.1 Å². The zero-order chi connectivity index (χ0) is 13.1. The summed E-state index contributed by atoms with van der Waals surface area (Å²) in [5, 5.41) is 7.52. The first kappa shape index (κ1) is 12.3. The number of hydrogen-bond donors (Lipinski definition) is 3. The lowest BCUT2D eigenvalue weighted by molar-refractivity contribution is 0.756. The Balaban J connectivity index is 2.10. The van der Waals surface area contributed by atoms with Gasteiger partial charge in [0.1, 0.15) is 5.82 Å². The molecular weight excluding hydrogens is 230 g/mol. The van der Waals surface area contributed by atoms with E-state index in [4.69, 9.17) is 5.84 Å². The number of aromatic nitrogens is 4. The predicted molar refractivity (Wildman–Crippen MR) is 69.9 cm³/mol. The average molecular weight is 247 g/mol. The van der Waals surface area contributed by atoms with Crippen molar-refractivity contribution >= 4 is 11.8 Å². The highest BCUT2D eigenvalue weighted by atomic mass is 15.3. The molecule has 0 radical (unpaired) electrons. The molecule has 7 heteroatoms. The minimum atomic E-state index is 0.403. The molecule has 0 aromatic carbocycles. The second-order valence-corrected chi connectivity index (χ2v) is 4.13. The first-order valence-corrected chi connectivity index (χ1v) is 5.64. The Morgan fingerprint density at radius 2 is 2.11 bits per heavy atom. The summed E-state index contributed by atoms with van der Waals surface area (Å²) in [5.74, 6) is 6.44. The standard InChI is InChI=1S/C11H17N7/c1-7-4-10(15-11(14-7)16-12)13-5-9-6-18(3)17-8(9)2/h4,6H,5,12H2,1-3H3,(H2,13,14,15,16). The van der Waals surface area contributed by atoms with Crippen molar-refractivity contribution in [3.8, 4) is 0 Å². The Bertz CT molecular complexity index is 546. The van der Waals surface area contributed by atoms with E-state index in [-0.39, 0.29) is 0 Å². The van der Waals surface area contributed by atoms with Crippen LogP contribution in [0, 0.1) is 13.8 Å². The maximum Gasteiger partial charge on any atom is 0.239 e. The quantitative estimate of drug-likeness (QED) is 0.544. The van der Waals surface area contributed by atoms with E-state index in [0.717, 1.165) is 22.8 Å². The zero-order valence-electron chi connectivity index (χ0n) is 10.7. The molecule has 0 aliphatic heterocycles. The highest BCUT2D eigenvalue weighted by molar-refractivity contribution is 5.42. The van der Waals surface area contributed by atoms with E-state index in [1.165, 1.54) is 0 Å². The lowest BCUT2D eigenvalue weighted by Crippen LogP contribution is -2.12. The Labute approximate surface area is 105 Å². The molecule has 0 saturated heterocycles. The van der Waals surface area contributed by atoms with Gasteiger partial charge < -0.3 is 5.32 Å². The van der Waals surface area contributed by atoms with Gasteiger partial charge in [0, 0.05) is 37.1 Å². The average Bonchev–Trinajstić information content (AvgIpc) is 2.64. The van der Waals surface area contributed by atoms with E-state index in [9.17, 15) is 0 Å². The summed E-state index contributed by atoms with van der Waals surface area (Å²) in [5.41, 5.74) is 5.44. The number of hydrazine groups is 1. The van der Waals surface area contributed by atoms with Crippen LogP contribution in [0.1, 0.15) is 17.0 Å². The third kappa shape index (κ3) is 2.75. The van der Waals surface area contributed by atoms with Crippen molar-refractivity contribution in [2.75, 3.05) is 10.7 Å². The van der Waals surface area contributed by atoms with E-state index in [0.29, 0.717) is 12.5 Å². The molecule has 2 aromatic rings. The zero-order valence-corrected chi connectivity index (χ0v) is 10.7. The Morgan fingerprint density at radius 3 is 2.72 bits per heavy atom. The van der Waals surface area contributed by atoms with Gasteiger partial charge in [0.25, 0.3) is 0 Å². The van der Waals surface area contributed by atoms with Crippen LogP contribution >= 0.6 is 0 Å². The fourth-order valence-electron chi connectivity index (χ4n) is 1.73. The molecule has 18 heavy (non-hydrogen) atoms. The highest BCUT2D eigenvalue weighted by Gasteiger charge is 2.04. The minimum Gasteiger partial charge on any atom is -0.366 e. The summed E-state index contributed by atoms with van der Waals surface area (Å²) < 4.78 is 1.80. The molecule has 0 amide bonds. The van der Waals surface area contributed by atoms with Gasteiger partial charge in [-0.05, 0) is 13.8 Å². The van der Waals surface area contributed by atoms with Gasteiger partial charge in [-0.3, -0.25) is 10.1 Å². The first-order valence-electron chi connectivity index (χ1n) is 5.64. The number of nitrogens with one attached hydrogen (secondary N) is 2. The van der Waals surface area contributed by atoms with Crippen LogP contribution in [0.5, 0.6) is 0 Å². The number of rotatable bonds is 4. The number of hydrogen-bond acceptors (Lipinski definition) is 6. The molecule has 0 fully saturated rings. The molecule has 7 nitrogen and oxygen atoms in total. The molecule has 0 bridgehead atoms. The summed E-state index contributed by atoms with van der Waals surface area (Å²) in [7, 11) is 1.90. The smallest absolute Gasteiger partial charge is 0.239 e. The monoisotopic (exact) mass is 247 g/mol. The number of nitrogen functional groups attached to an aromatic ring is 1. The van der Waals surface area contributed by atoms with Gasteiger partial charge in [0.15, 0.2) is 0 Å². The van der Waals surface area contributed by atoms with Crippen molar-refractivity contribution in [3.05, 3.63) is 29.2 Å². The predicted octanol–water partition coefficient (Wildman–Crippen LogP) is 0.725. The molecule has 0 atom stereocenters. The summed E-state index contributed by atoms with van der Waals surface area (Å²) in [6.45, 7) is 4.54. The van der Waals surface area contributed by atoms with Gasteiger partial charge in [-0.1, -0.05) is 0 Å². The fourth-order valence-corrected chi connectivity index (χ4v) is 1.73. The molecule has 0 aliphatic rings. The van der Waals surface area contributed by atoms with Crippen LogP contribution < -0.4 is 16.6 Å². The number of nitrogens with two attached hydrogens (primary N) is 1. The lowest BCUT2D eigenvalue weighted by Gasteiger charge is -2.07. The third-order valence-electron chi connectivity index (χ3n) is 2.56. The molecule has 0 aliphatic carbocycles. The third-order valence-corrected chi connectivity index (χ3v) is 2.56. The SMILES string of the molecule is Cc1cc(NCc2cn(C)nc2C)nc(NN)n1. The Kier molecular flexibility index (Phi) is 3.42. The maximum absolute atomic E-state index is 5.31. The summed E-state index contributed by atoms with van der Waals surface area (Å²) in [6, 6.07) is 1.87. The van der Waals surface area contributed by atoms with Gasteiger partial charge in [-0.25, -0.2) is 10.8 Å². The van der Waals surface area contributed by atoms with E-state index < -0.39 is 0 Å². The van der Waals surface area contributed by atoms with Crippen LogP contribution in [0.15, 0.2) is 12.3 Å². The Morgan fingerprint density at radius 1 is 1.33 bits per heavy atom. The summed E-state index contributed by atoms with van der Waals surface area (Å²) >= 11 is 0. The second kappa shape index (κ2) is 5.01. The van der Waals surface area contributed by atoms with Crippen molar-refractivity contribution < 1.29 is 0 Å². The minimum absolute atomic E-state index is 0.403. The van der Waals surface area contributed by atoms with E-state index in [1.807, 2.05) is 33.2 Å². The molecule has 0 saturated carbocycles. The van der Waals surface area contributed by atoms with Crippen molar-refractivity contribution in [2.45, 2.75) is 20.4 Å². The topological polar surface area (TPSA) is 93.7 Å². The molecule has 4 N–H and O–H groups in total. The van der Waals surface area contributed by atoms with E-state index in [1.54, 1.807) is 4.68 Å². The van der Waals surface area contributed by atoms with Crippen LogP contribution in [0.25, 0.3) is 0 Å². The largest absolute Gasteiger partial charge is 0.366 e. The van der Waals surface area contributed by atoms with Crippen molar-refractivity contribution in [1.29, 1.82) is 0 Å². The molecule has 96 valence electrons. The number of aryl methyl sites for hydroxylation is 3. The van der Waals surface area contributed by atoms with E-state index >= 15 is 0 Å². The summed E-state index contributed by atoms with van der Waals surface area (Å²) in [4.78, 5) is 8.34. The van der Waals surface area contributed by atoms with E-state index in [2.05, 4.69) is 25.8 Å². The van der Waals surface area contributed by atoms with Gasteiger partial charge in [-0.15, -0.1) is 0 Å². The fraction of sp³-hybridized carbons (Fsp3) is 0.364. The van der Waals surface area contributed by atoms with Gasteiger partial charge in [0.2, 0.25) is 5.95 Å². The maximum atomic E-state index is 5.31. The first-order chi connectivity index (χ1) is 8.58. The van der Waals surface area contributed by atoms with Crippen LogP contribution in [0.3, 0.4) is 0 Å². The molecule has 0 unspecified atom stereocenters. The van der Waals surface area contributed by atoms with Crippen molar-refractivity contribution in [3.63, 3.8) is 0 Å². The molecule has 2 aromatic heterocycles. The molecule has 2 heterocycles. The van der Waals surface area contributed by atoms with Gasteiger partial charge >= 0.3 is 0 Å². The van der Waals surface area contributed by atoms with Crippen LogP contribution in [0.4, 0.5) is 11.8 Å². The lowest BCUT2D eigenvalue weighted by atomic mass is 10.2. The summed E-state index contributed by atoms with van der Waals surface area (Å²) in [6.07, 6.45) is 1.98. The number of nitrogens with zero attached hydrogens (tertiary/aromatic N) is 4. The Hall–Kier alpha value is -2.15.